The molecule has 0 saturated heterocycles. The second kappa shape index (κ2) is 8.50. The van der Waals surface area contributed by atoms with Crippen molar-refractivity contribution in [3.63, 3.8) is 0 Å². The number of hydrogen-bond donors (Lipinski definition) is 2. The number of fused-ring (bicyclic) bond motifs is 1. The van der Waals surface area contributed by atoms with Crippen molar-refractivity contribution >= 4 is 61.4 Å². The van der Waals surface area contributed by atoms with Crippen molar-refractivity contribution in [2.75, 3.05) is 12.4 Å². The van der Waals surface area contributed by atoms with Crippen LogP contribution in [-0.4, -0.2) is 23.9 Å². The number of hydrogen-bond acceptors (Lipinski definition) is 4. The third kappa shape index (κ3) is 4.21. The van der Waals surface area contributed by atoms with Gasteiger partial charge in [-0.1, -0.05) is 24.3 Å². The molecular formula is C21H17BrN2O3S. The number of carbonyl (C=O) groups is 2. The molecule has 0 aromatic heterocycles. The van der Waals surface area contributed by atoms with E-state index in [1.807, 2.05) is 24.3 Å². The summed E-state index contributed by atoms with van der Waals surface area (Å²) in [5, 5.41) is 7.59. The predicted octanol–water partition coefficient (Wildman–Crippen LogP) is 4.94. The van der Waals surface area contributed by atoms with Gasteiger partial charge in [0.15, 0.2) is 10.9 Å². The fourth-order valence-corrected chi connectivity index (χ4v) is 3.72. The van der Waals surface area contributed by atoms with Crippen LogP contribution < -0.4 is 15.4 Å². The molecule has 28 heavy (non-hydrogen) atoms. The van der Waals surface area contributed by atoms with E-state index in [2.05, 4.69) is 26.6 Å². The van der Waals surface area contributed by atoms with Gasteiger partial charge in [0.2, 0.25) is 0 Å². The summed E-state index contributed by atoms with van der Waals surface area (Å²) in [6.07, 6.45) is 0. The van der Waals surface area contributed by atoms with E-state index in [9.17, 15) is 9.59 Å². The van der Waals surface area contributed by atoms with E-state index in [0.29, 0.717) is 27.0 Å². The van der Waals surface area contributed by atoms with Crippen molar-refractivity contribution in [1.29, 1.82) is 0 Å². The Hall–Kier alpha value is -2.77. The van der Waals surface area contributed by atoms with E-state index < -0.39 is 0 Å². The maximum absolute atomic E-state index is 12.8. The van der Waals surface area contributed by atoms with Crippen LogP contribution in [-0.2, 0) is 0 Å². The number of Topliss-reactive ketones (excluding diaryl/α,β-unsaturated/α-hetero) is 1. The van der Waals surface area contributed by atoms with Gasteiger partial charge in [-0.25, -0.2) is 0 Å². The maximum Gasteiger partial charge on any atom is 0.261 e. The Labute approximate surface area is 176 Å². The number of ketones is 1. The summed E-state index contributed by atoms with van der Waals surface area (Å²) < 4.78 is 6.14. The van der Waals surface area contributed by atoms with Crippen LogP contribution in [0.25, 0.3) is 10.8 Å². The summed E-state index contributed by atoms with van der Waals surface area (Å²) in [5.41, 5.74) is 1.64. The molecule has 3 rings (SSSR count). The highest BCUT2D eigenvalue weighted by Crippen LogP contribution is 2.36. The molecule has 3 aromatic carbocycles. The molecule has 142 valence electrons. The number of benzene rings is 3. The lowest BCUT2D eigenvalue weighted by Gasteiger charge is -2.14. The molecule has 7 heteroatoms. The smallest absolute Gasteiger partial charge is 0.261 e. The lowest BCUT2D eigenvalue weighted by Crippen LogP contribution is -2.34. The van der Waals surface area contributed by atoms with E-state index in [1.165, 1.54) is 14.0 Å². The van der Waals surface area contributed by atoms with Crippen LogP contribution in [0, 0.1) is 0 Å². The molecule has 0 aliphatic carbocycles. The minimum absolute atomic E-state index is 0.0172. The number of methoxy groups -OCH3 is 1. The second-order valence-corrected chi connectivity index (χ2v) is 7.24. The van der Waals surface area contributed by atoms with Crippen molar-refractivity contribution in [1.82, 2.24) is 5.32 Å². The fourth-order valence-electron chi connectivity index (χ4n) is 2.77. The highest BCUT2D eigenvalue weighted by molar-refractivity contribution is 9.10. The molecule has 0 radical (unpaired) electrons. The first kappa shape index (κ1) is 20.0. The van der Waals surface area contributed by atoms with Gasteiger partial charge in [0.25, 0.3) is 5.91 Å². The minimum Gasteiger partial charge on any atom is -0.495 e. The highest BCUT2D eigenvalue weighted by Gasteiger charge is 2.19. The largest absolute Gasteiger partial charge is 0.495 e. The van der Waals surface area contributed by atoms with Gasteiger partial charge in [0, 0.05) is 11.3 Å². The standard InChI is InChI=1S/C21H17BrN2O3S/c1-12(25)13-7-9-15(10-8-13)23-21(28)24-20(26)17-11-14-5-3-4-6-16(14)18(22)19(17)27-2/h3-11H,1-2H3,(H2,23,24,26,28). The van der Waals surface area contributed by atoms with E-state index >= 15 is 0 Å². The van der Waals surface area contributed by atoms with E-state index in [-0.39, 0.29) is 16.8 Å². The number of anilines is 1. The zero-order valence-electron chi connectivity index (χ0n) is 15.2. The Bertz CT molecular complexity index is 1080. The lowest BCUT2D eigenvalue weighted by atomic mass is 10.1. The van der Waals surface area contributed by atoms with Crippen molar-refractivity contribution in [3.05, 3.63) is 70.2 Å². The molecule has 0 atom stereocenters. The normalized spacial score (nSPS) is 10.4. The maximum atomic E-state index is 12.8. The number of rotatable bonds is 4. The number of amides is 1. The average molecular weight is 457 g/mol. The lowest BCUT2D eigenvalue weighted by molar-refractivity contribution is 0.0973. The number of carbonyl (C=O) groups excluding carboxylic acids is 2. The summed E-state index contributed by atoms with van der Waals surface area (Å²) in [7, 11) is 1.51. The second-order valence-electron chi connectivity index (χ2n) is 6.03. The Kier molecular flexibility index (Phi) is 6.06. The number of halogens is 1. The number of thiocarbonyl (C=S) groups is 1. The Morgan fingerprint density at radius 2 is 1.75 bits per heavy atom. The van der Waals surface area contributed by atoms with Gasteiger partial charge in [0.05, 0.1) is 17.1 Å². The zero-order chi connectivity index (χ0) is 20.3. The first-order valence-corrected chi connectivity index (χ1v) is 9.59. The van der Waals surface area contributed by atoms with Crippen LogP contribution >= 0.6 is 28.1 Å². The first-order valence-electron chi connectivity index (χ1n) is 8.39. The molecule has 2 N–H and O–H groups in total. The molecule has 0 saturated carbocycles. The SMILES string of the molecule is COc1c(C(=O)NC(=S)Nc2ccc(C(C)=O)cc2)cc2ccccc2c1Br. The fraction of sp³-hybridized carbons (Fsp3) is 0.0952. The first-order chi connectivity index (χ1) is 13.4. The molecule has 0 heterocycles. The quantitative estimate of drug-likeness (QED) is 0.429. The van der Waals surface area contributed by atoms with Crippen molar-refractivity contribution in [2.45, 2.75) is 6.92 Å². The van der Waals surface area contributed by atoms with Crippen LogP contribution in [0.15, 0.2) is 59.1 Å². The van der Waals surface area contributed by atoms with Crippen LogP contribution in [0.3, 0.4) is 0 Å². The van der Waals surface area contributed by atoms with E-state index in [4.69, 9.17) is 17.0 Å². The van der Waals surface area contributed by atoms with Gasteiger partial charge >= 0.3 is 0 Å². The molecular weight excluding hydrogens is 440 g/mol. The van der Waals surface area contributed by atoms with Gasteiger partial charge in [0.1, 0.15) is 5.75 Å². The van der Waals surface area contributed by atoms with Gasteiger partial charge in [-0.05, 0) is 76.2 Å². The molecule has 0 spiro atoms. The molecule has 5 nitrogen and oxygen atoms in total. The van der Waals surface area contributed by atoms with Gasteiger partial charge in [-0.3, -0.25) is 14.9 Å². The van der Waals surface area contributed by atoms with Crippen LogP contribution in [0.5, 0.6) is 5.75 Å². The molecule has 0 bridgehead atoms. The molecule has 3 aromatic rings. The summed E-state index contributed by atoms with van der Waals surface area (Å²) in [5.74, 6) is 0.0300. The summed E-state index contributed by atoms with van der Waals surface area (Å²) in [6, 6.07) is 16.3. The van der Waals surface area contributed by atoms with E-state index in [1.54, 1.807) is 30.3 Å². The minimum atomic E-state index is -0.388. The Morgan fingerprint density at radius 1 is 1.07 bits per heavy atom. The Morgan fingerprint density at radius 3 is 2.39 bits per heavy atom. The van der Waals surface area contributed by atoms with E-state index in [0.717, 1.165) is 10.8 Å². The monoisotopic (exact) mass is 456 g/mol. The topological polar surface area (TPSA) is 67.4 Å². The van der Waals surface area contributed by atoms with Crippen LogP contribution in [0.4, 0.5) is 5.69 Å². The molecule has 0 fully saturated rings. The molecule has 0 aliphatic heterocycles. The van der Waals surface area contributed by atoms with Gasteiger partial charge in [-0.2, -0.15) is 0 Å². The third-order valence-corrected chi connectivity index (χ3v) is 5.16. The Balaban J connectivity index is 1.80. The molecule has 1 amide bonds. The summed E-state index contributed by atoms with van der Waals surface area (Å²) >= 11 is 8.76. The number of nitrogens with one attached hydrogen (secondary N) is 2. The third-order valence-electron chi connectivity index (χ3n) is 4.17. The van der Waals surface area contributed by atoms with Crippen LogP contribution in [0.2, 0.25) is 0 Å². The van der Waals surface area contributed by atoms with Gasteiger partial charge < -0.3 is 10.1 Å². The average Bonchev–Trinajstić information content (AvgIpc) is 2.68. The van der Waals surface area contributed by atoms with Crippen molar-refractivity contribution in [3.8, 4) is 5.75 Å². The zero-order valence-corrected chi connectivity index (χ0v) is 17.6. The van der Waals surface area contributed by atoms with Crippen LogP contribution in [0.1, 0.15) is 27.6 Å². The molecule has 0 unspecified atom stereocenters. The van der Waals surface area contributed by atoms with Crippen molar-refractivity contribution in [2.24, 2.45) is 0 Å². The predicted molar refractivity (Wildman–Crippen MR) is 118 cm³/mol. The highest BCUT2D eigenvalue weighted by atomic mass is 79.9. The summed E-state index contributed by atoms with van der Waals surface area (Å²) in [4.78, 5) is 24.1. The number of ether oxygens (including phenoxy) is 1. The van der Waals surface area contributed by atoms with Crippen molar-refractivity contribution < 1.29 is 14.3 Å². The molecule has 0 aliphatic rings. The summed E-state index contributed by atoms with van der Waals surface area (Å²) in [6.45, 7) is 1.50. The van der Waals surface area contributed by atoms with Gasteiger partial charge in [-0.15, -0.1) is 0 Å².